The Morgan fingerprint density at radius 2 is 1.80 bits per heavy atom. The summed E-state index contributed by atoms with van der Waals surface area (Å²) in [4.78, 5) is 18.3. The highest BCUT2D eigenvalue weighted by molar-refractivity contribution is 7.13. The molecule has 4 rings (SSSR count). The normalized spacial score (nSPS) is 11.8. The van der Waals surface area contributed by atoms with Crippen LogP contribution in [0.2, 0.25) is 0 Å². The van der Waals surface area contributed by atoms with E-state index in [0.717, 1.165) is 17.0 Å². The monoisotopic (exact) mass is 425 g/mol. The van der Waals surface area contributed by atoms with Crippen molar-refractivity contribution in [3.8, 4) is 10.6 Å². The predicted molar refractivity (Wildman–Crippen MR) is 112 cm³/mol. The van der Waals surface area contributed by atoms with Gasteiger partial charge >= 0.3 is 6.18 Å². The van der Waals surface area contributed by atoms with Crippen molar-refractivity contribution in [2.24, 2.45) is 5.10 Å². The maximum atomic E-state index is 12.8. The number of carbonyl (C=O) groups is 1. The van der Waals surface area contributed by atoms with Crippen LogP contribution < -0.4 is 5.43 Å². The first-order valence-electron chi connectivity index (χ1n) is 8.86. The second kappa shape index (κ2) is 8.08. The maximum Gasteiger partial charge on any atom is 0.416 e. The van der Waals surface area contributed by atoms with Crippen LogP contribution in [0.15, 0.2) is 77.2 Å². The third-order valence-corrected chi connectivity index (χ3v) is 5.24. The standard InChI is InChI=1S/C22H14F3N3OS/c23-22(24,25)15-9-7-14(8-10-15)13-26-28-21(29)17-12-19(20-6-3-11-30-20)27-18-5-2-1-4-16(17)18/h1-13H,(H,28,29)/b26-13+. The van der Waals surface area contributed by atoms with Gasteiger partial charge in [0, 0.05) is 5.39 Å². The number of pyridine rings is 1. The van der Waals surface area contributed by atoms with Crippen molar-refractivity contribution in [3.63, 3.8) is 0 Å². The first-order chi connectivity index (χ1) is 14.4. The highest BCUT2D eigenvalue weighted by atomic mass is 32.1. The lowest BCUT2D eigenvalue weighted by Crippen LogP contribution is -2.18. The highest BCUT2D eigenvalue weighted by Gasteiger charge is 2.29. The van der Waals surface area contributed by atoms with E-state index in [1.807, 2.05) is 35.7 Å². The van der Waals surface area contributed by atoms with Crippen LogP contribution in [0, 0.1) is 0 Å². The quantitative estimate of drug-likeness (QED) is 0.335. The zero-order valence-electron chi connectivity index (χ0n) is 15.4. The number of thiophene rings is 1. The molecule has 0 aliphatic heterocycles. The van der Waals surface area contributed by atoms with Crippen LogP contribution in [0.5, 0.6) is 0 Å². The number of rotatable bonds is 4. The molecule has 0 saturated carbocycles. The first kappa shape index (κ1) is 19.8. The SMILES string of the molecule is O=C(N/N=C/c1ccc(C(F)(F)F)cc1)c1cc(-c2cccs2)nc2ccccc12. The van der Waals surface area contributed by atoms with Crippen LogP contribution in [0.25, 0.3) is 21.5 Å². The zero-order chi connectivity index (χ0) is 21.1. The fourth-order valence-corrected chi connectivity index (χ4v) is 3.58. The molecule has 1 amide bonds. The third-order valence-electron chi connectivity index (χ3n) is 4.35. The molecule has 1 N–H and O–H groups in total. The first-order valence-corrected chi connectivity index (χ1v) is 9.74. The molecule has 0 radical (unpaired) electrons. The molecule has 2 heterocycles. The van der Waals surface area contributed by atoms with E-state index < -0.39 is 17.6 Å². The van der Waals surface area contributed by atoms with E-state index in [9.17, 15) is 18.0 Å². The van der Waals surface area contributed by atoms with E-state index >= 15 is 0 Å². The number of alkyl halides is 3. The third kappa shape index (κ3) is 4.23. The van der Waals surface area contributed by atoms with Gasteiger partial charge in [0.2, 0.25) is 0 Å². The van der Waals surface area contributed by atoms with Gasteiger partial charge < -0.3 is 0 Å². The van der Waals surface area contributed by atoms with Crippen LogP contribution in [-0.2, 0) is 6.18 Å². The molecule has 150 valence electrons. The molecule has 0 bridgehead atoms. The Kier molecular flexibility index (Phi) is 5.33. The Labute approximate surface area is 173 Å². The van der Waals surface area contributed by atoms with E-state index in [0.29, 0.717) is 27.7 Å². The lowest BCUT2D eigenvalue weighted by atomic mass is 10.1. The molecule has 4 nitrogen and oxygen atoms in total. The van der Waals surface area contributed by atoms with Gasteiger partial charge in [-0.1, -0.05) is 36.4 Å². The predicted octanol–water partition coefficient (Wildman–Crippen LogP) is 5.75. The number of fused-ring (bicyclic) bond motifs is 1. The minimum Gasteiger partial charge on any atom is -0.267 e. The summed E-state index contributed by atoms with van der Waals surface area (Å²) in [5.41, 5.74) is 3.90. The summed E-state index contributed by atoms with van der Waals surface area (Å²) in [5.74, 6) is -0.436. The van der Waals surface area contributed by atoms with Gasteiger partial charge in [-0.05, 0) is 41.3 Å². The molecule has 2 aromatic carbocycles. The van der Waals surface area contributed by atoms with E-state index in [2.05, 4.69) is 15.5 Å². The second-order valence-corrected chi connectivity index (χ2v) is 7.32. The number of carbonyl (C=O) groups excluding carboxylic acids is 1. The minimum atomic E-state index is -4.40. The van der Waals surface area contributed by atoms with Gasteiger partial charge in [-0.2, -0.15) is 18.3 Å². The average Bonchev–Trinajstić information content (AvgIpc) is 3.27. The second-order valence-electron chi connectivity index (χ2n) is 6.37. The van der Waals surface area contributed by atoms with Crippen LogP contribution in [0.1, 0.15) is 21.5 Å². The van der Waals surface area contributed by atoms with Gasteiger partial charge in [-0.3, -0.25) is 4.79 Å². The number of hydrazone groups is 1. The molecule has 30 heavy (non-hydrogen) atoms. The van der Waals surface area contributed by atoms with E-state index in [4.69, 9.17) is 0 Å². The number of hydrogen-bond acceptors (Lipinski definition) is 4. The Hall–Kier alpha value is -3.52. The van der Waals surface area contributed by atoms with Gasteiger partial charge in [0.05, 0.1) is 33.4 Å². The number of para-hydroxylation sites is 1. The van der Waals surface area contributed by atoms with Crippen molar-refractivity contribution >= 4 is 34.4 Å². The fraction of sp³-hybridized carbons (Fsp3) is 0.0455. The molecule has 4 aromatic rings. The Bertz CT molecular complexity index is 1220. The number of nitrogens with one attached hydrogen (secondary N) is 1. The van der Waals surface area contributed by atoms with Crippen LogP contribution in [0.3, 0.4) is 0 Å². The van der Waals surface area contributed by atoms with Crippen LogP contribution >= 0.6 is 11.3 Å². The molecular weight excluding hydrogens is 411 g/mol. The van der Waals surface area contributed by atoms with E-state index in [1.54, 1.807) is 12.1 Å². The van der Waals surface area contributed by atoms with Gasteiger partial charge in [-0.25, -0.2) is 10.4 Å². The summed E-state index contributed by atoms with van der Waals surface area (Å²) in [5, 5.41) is 6.50. The molecule has 2 aromatic heterocycles. The lowest BCUT2D eigenvalue weighted by molar-refractivity contribution is -0.137. The Balaban J connectivity index is 1.58. The number of aromatic nitrogens is 1. The minimum absolute atomic E-state index is 0.411. The lowest BCUT2D eigenvalue weighted by Gasteiger charge is -2.08. The average molecular weight is 425 g/mol. The summed E-state index contributed by atoms with van der Waals surface area (Å²) in [7, 11) is 0. The summed E-state index contributed by atoms with van der Waals surface area (Å²) in [6.45, 7) is 0. The summed E-state index contributed by atoms with van der Waals surface area (Å²) in [6, 6.07) is 17.3. The molecule has 0 saturated heterocycles. The smallest absolute Gasteiger partial charge is 0.267 e. The zero-order valence-corrected chi connectivity index (χ0v) is 16.2. The topological polar surface area (TPSA) is 54.4 Å². The summed E-state index contributed by atoms with van der Waals surface area (Å²) < 4.78 is 37.9. The molecule has 8 heteroatoms. The molecular formula is C22H14F3N3OS. The molecule has 0 aliphatic rings. The maximum absolute atomic E-state index is 12.8. The molecule has 0 spiro atoms. The molecule has 0 fully saturated rings. The van der Waals surface area contributed by atoms with Gasteiger partial charge in [0.1, 0.15) is 0 Å². The number of amides is 1. The summed E-state index contributed by atoms with van der Waals surface area (Å²) in [6.07, 6.45) is -3.10. The van der Waals surface area contributed by atoms with E-state index in [-0.39, 0.29) is 0 Å². The van der Waals surface area contributed by atoms with Crippen molar-refractivity contribution in [1.29, 1.82) is 0 Å². The van der Waals surface area contributed by atoms with Crippen molar-refractivity contribution in [3.05, 3.63) is 88.8 Å². The highest BCUT2D eigenvalue weighted by Crippen LogP contribution is 2.29. The molecule has 0 unspecified atom stereocenters. The number of hydrogen-bond donors (Lipinski definition) is 1. The van der Waals surface area contributed by atoms with Gasteiger partial charge in [-0.15, -0.1) is 11.3 Å². The number of benzene rings is 2. The van der Waals surface area contributed by atoms with Crippen molar-refractivity contribution in [2.75, 3.05) is 0 Å². The molecule has 0 aliphatic carbocycles. The van der Waals surface area contributed by atoms with Gasteiger partial charge in [0.15, 0.2) is 0 Å². The van der Waals surface area contributed by atoms with Crippen LogP contribution in [-0.4, -0.2) is 17.1 Å². The van der Waals surface area contributed by atoms with E-state index in [1.165, 1.54) is 29.7 Å². The number of nitrogens with zero attached hydrogens (tertiary/aromatic N) is 2. The van der Waals surface area contributed by atoms with Crippen molar-refractivity contribution in [2.45, 2.75) is 6.18 Å². The van der Waals surface area contributed by atoms with Crippen LogP contribution in [0.4, 0.5) is 13.2 Å². The molecule has 0 atom stereocenters. The fourth-order valence-electron chi connectivity index (χ4n) is 2.90. The van der Waals surface area contributed by atoms with Crippen molar-refractivity contribution < 1.29 is 18.0 Å². The van der Waals surface area contributed by atoms with Gasteiger partial charge in [0.25, 0.3) is 5.91 Å². The Morgan fingerprint density at radius 1 is 1.03 bits per heavy atom. The Morgan fingerprint density at radius 3 is 2.50 bits per heavy atom. The van der Waals surface area contributed by atoms with Crippen molar-refractivity contribution in [1.82, 2.24) is 10.4 Å². The number of halogens is 3. The summed E-state index contributed by atoms with van der Waals surface area (Å²) >= 11 is 1.52. The largest absolute Gasteiger partial charge is 0.416 e.